The molecule has 12 heteroatoms. The molecule has 5 N–H and O–H groups in total. The van der Waals surface area contributed by atoms with E-state index in [-0.39, 0.29) is 17.1 Å². The summed E-state index contributed by atoms with van der Waals surface area (Å²) in [4.78, 5) is 39.8. The number of aromatic carboxylic acids is 1. The number of rotatable bonds is 11. The lowest BCUT2D eigenvalue weighted by Crippen LogP contribution is -2.14. The molecule has 240 valence electrons. The molecule has 0 spiro atoms. The van der Waals surface area contributed by atoms with E-state index in [9.17, 15) is 19.8 Å². The second-order valence-electron chi connectivity index (χ2n) is 9.97. The Morgan fingerprint density at radius 3 is 1.50 bits per heavy atom. The molecule has 0 fully saturated rings. The number of anilines is 2. The minimum absolute atomic E-state index is 0.140. The number of carboxylic acid groups (broad SMARTS) is 1. The number of ether oxygens (including phenoxy) is 1. The van der Waals surface area contributed by atoms with E-state index < -0.39 is 11.9 Å². The van der Waals surface area contributed by atoms with Gasteiger partial charge in [0.15, 0.2) is 0 Å². The Morgan fingerprint density at radius 2 is 1.13 bits per heavy atom. The molecule has 0 amide bonds. The van der Waals surface area contributed by atoms with Crippen LogP contribution >= 0.6 is 0 Å². The third-order valence-electron chi connectivity index (χ3n) is 6.35. The van der Waals surface area contributed by atoms with Crippen LogP contribution in [0.1, 0.15) is 61.5 Å². The van der Waals surface area contributed by atoms with Gasteiger partial charge in [0.2, 0.25) is 11.9 Å². The van der Waals surface area contributed by atoms with Crippen molar-refractivity contribution >= 4 is 36.0 Å². The van der Waals surface area contributed by atoms with Crippen LogP contribution in [-0.4, -0.2) is 66.9 Å². The minimum atomic E-state index is -1.02. The number of nitrogens with zero attached hydrogens (tertiary/aromatic N) is 4. The molecule has 2 heterocycles. The number of phenols is 2. The lowest BCUT2D eigenvalue weighted by Gasteiger charge is -2.10. The van der Waals surface area contributed by atoms with Crippen molar-refractivity contribution in [3.63, 3.8) is 0 Å². The van der Waals surface area contributed by atoms with Crippen molar-refractivity contribution in [2.45, 2.75) is 34.6 Å². The molecule has 0 radical (unpaired) electrons. The molecule has 46 heavy (non-hydrogen) atoms. The predicted octanol–water partition coefficient (Wildman–Crippen LogP) is 5.72. The minimum Gasteiger partial charge on any atom is -0.508 e. The average Bonchev–Trinajstić information content (AvgIpc) is 2.97. The molecule has 0 bridgehead atoms. The Bertz CT molecular complexity index is 1690. The molecule has 0 aliphatic carbocycles. The van der Waals surface area contributed by atoms with Gasteiger partial charge in [-0.05, 0) is 70.0 Å². The van der Waals surface area contributed by atoms with Crippen LogP contribution < -0.4 is 10.6 Å². The quantitative estimate of drug-likeness (QED) is 0.128. The van der Waals surface area contributed by atoms with E-state index in [4.69, 9.17) is 9.84 Å². The smallest absolute Gasteiger partial charge is 0.341 e. The first-order chi connectivity index (χ1) is 22.0. The molecular formula is C34H38N6O6. The summed E-state index contributed by atoms with van der Waals surface area (Å²) in [5.41, 5.74) is 4.37. The Balaban J connectivity index is 0.000000251. The Hall–Kier alpha value is -5.78. The number of carboxylic acids is 1. The van der Waals surface area contributed by atoms with Gasteiger partial charge < -0.3 is 30.7 Å². The molecule has 2 aromatic heterocycles. The number of aromatic nitrogens is 4. The van der Waals surface area contributed by atoms with Crippen LogP contribution in [0.4, 0.5) is 11.9 Å². The van der Waals surface area contributed by atoms with Gasteiger partial charge in [0.25, 0.3) is 0 Å². The number of carbonyl (C=O) groups is 2. The first-order valence-electron chi connectivity index (χ1n) is 14.5. The molecule has 4 rings (SSSR count). The van der Waals surface area contributed by atoms with Crippen LogP contribution in [0.2, 0.25) is 0 Å². The van der Waals surface area contributed by atoms with Crippen LogP contribution in [0.15, 0.2) is 60.7 Å². The first-order valence-corrected chi connectivity index (χ1v) is 14.5. The van der Waals surface area contributed by atoms with Gasteiger partial charge in [0.1, 0.15) is 22.6 Å². The second kappa shape index (κ2) is 16.9. The molecule has 0 atom stereocenters. The van der Waals surface area contributed by atoms with Gasteiger partial charge in [0, 0.05) is 13.1 Å². The van der Waals surface area contributed by atoms with Gasteiger partial charge in [0.05, 0.1) is 29.4 Å². The summed E-state index contributed by atoms with van der Waals surface area (Å²) in [6.07, 6.45) is 7.52. The van der Waals surface area contributed by atoms with E-state index in [0.29, 0.717) is 59.9 Å². The first kappa shape index (κ1) is 34.7. The molecule has 12 nitrogen and oxygen atoms in total. The maximum atomic E-state index is 11.9. The largest absolute Gasteiger partial charge is 0.508 e. The highest BCUT2D eigenvalue weighted by Crippen LogP contribution is 2.16. The highest BCUT2D eigenvalue weighted by atomic mass is 16.5. The van der Waals surface area contributed by atoms with E-state index in [0.717, 1.165) is 11.1 Å². The third kappa shape index (κ3) is 10.4. The third-order valence-corrected chi connectivity index (χ3v) is 6.35. The number of hydrogen-bond acceptors (Lipinski definition) is 11. The summed E-state index contributed by atoms with van der Waals surface area (Å²) < 4.78 is 5.02. The highest BCUT2D eigenvalue weighted by Gasteiger charge is 2.17. The number of aromatic hydroxyl groups is 2. The second-order valence-corrected chi connectivity index (χ2v) is 9.97. The van der Waals surface area contributed by atoms with Crippen molar-refractivity contribution in [3.8, 4) is 11.5 Å². The summed E-state index contributed by atoms with van der Waals surface area (Å²) in [5, 5.41) is 33.9. The summed E-state index contributed by atoms with van der Waals surface area (Å²) >= 11 is 0. The van der Waals surface area contributed by atoms with Crippen molar-refractivity contribution in [2.75, 3.05) is 30.3 Å². The molecule has 0 aliphatic rings. The van der Waals surface area contributed by atoms with E-state index in [1.165, 1.54) is 0 Å². The zero-order valence-corrected chi connectivity index (χ0v) is 26.4. The van der Waals surface area contributed by atoms with E-state index >= 15 is 0 Å². The molecule has 0 aliphatic heterocycles. The van der Waals surface area contributed by atoms with Gasteiger partial charge >= 0.3 is 11.9 Å². The number of hydrogen-bond donors (Lipinski definition) is 5. The Labute approximate surface area is 267 Å². The number of aryl methyl sites for hydroxylation is 4. The van der Waals surface area contributed by atoms with Crippen molar-refractivity contribution < 1.29 is 29.6 Å². The van der Waals surface area contributed by atoms with Gasteiger partial charge in [-0.2, -0.15) is 0 Å². The maximum Gasteiger partial charge on any atom is 0.341 e. The van der Waals surface area contributed by atoms with Crippen LogP contribution in [0, 0.1) is 27.7 Å². The summed E-state index contributed by atoms with van der Waals surface area (Å²) in [5.74, 6) is -0.129. The van der Waals surface area contributed by atoms with Gasteiger partial charge in [-0.15, -0.1) is 0 Å². The fourth-order valence-corrected chi connectivity index (χ4v) is 4.35. The van der Waals surface area contributed by atoms with Crippen molar-refractivity contribution in [3.05, 3.63) is 106 Å². The number of nitrogens with one attached hydrogen (secondary N) is 2. The molecule has 0 unspecified atom stereocenters. The van der Waals surface area contributed by atoms with Crippen molar-refractivity contribution in [1.29, 1.82) is 0 Å². The van der Waals surface area contributed by atoms with Crippen molar-refractivity contribution in [1.82, 2.24) is 19.9 Å². The maximum absolute atomic E-state index is 11.9. The van der Waals surface area contributed by atoms with Crippen LogP contribution in [0.3, 0.4) is 0 Å². The van der Waals surface area contributed by atoms with Crippen LogP contribution in [-0.2, 0) is 4.74 Å². The van der Waals surface area contributed by atoms with Crippen LogP contribution in [0.25, 0.3) is 12.2 Å². The standard InChI is InChI=1S/C18H21N3O3.C16H17N3O3/c1-4-24-17(23)16-12(2)20-18(21-13(16)3)19-10-6-8-14-7-5-9-15(22)11-14;1-10-14(15(21)22)11(2)19-16(18-10)17-8-4-6-12-5-3-7-13(20)9-12/h5-9,11,22H,4,10H2,1-3H3,(H,19,20,21);3-7,9,20H,8H2,1-2H3,(H,21,22)(H,17,18,19)/b8-6+;6-4+. The Kier molecular flexibility index (Phi) is 12.8. The normalized spacial score (nSPS) is 10.8. The van der Waals surface area contributed by atoms with Crippen molar-refractivity contribution in [2.24, 2.45) is 0 Å². The van der Waals surface area contributed by atoms with Crippen LogP contribution in [0.5, 0.6) is 11.5 Å². The number of phenolic OH excluding ortho intramolecular Hbond substituents is 2. The Morgan fingerprint density at radius 1 is 0.717 bits per heavy atom. The van der Waals surface area contributed by atoms with E-state index in [1.807, 2.05) is 36.4 Å². The average molecular weight is 627 g/mol. The van der Waals surface area contributed by atoms with Gasteiger partial charge in [-0.3, -0.25) is 0 Å². The topological polar surface area (TPSA) is 180 Å². The van der Waals surface area contributed by atoms with E-state index in [2.05, 4.69) is 30.6 Å². The fraction of sp³-hybridized carbons (Fsp3) is 0.235. The molecule has 2 aromatic carbocycles. The summed E-state index contributed by atoms with van der Waals surface area (Å²) in [7, 11) is 0. The predicted molar refractivity (Wildman–Crippen MR) is 177 cm³/mol. The zero-order valence-electron chi connectivity index (χ0n) is 26.4. The number of benzene rings is 2. The lowest BCUT2D eigenvalue weighted by molar-refractivity contribution is 0.0523. The lowest BCUT2D eigenvalue weighted by atomic mass is 10.2. The fourth-order valence-electron chi connectivity index (χ4n) is 4.35. The SMILES string of the molecule is CCOC(=O)c1c(C)nc(NC/C=C/c2cccc(O)c2)nc1C.Cc1nc(NC/C=C/c2cccc(O)c2)nc(C)c1C(=O)O. The zero-order chi connectivity index (χ0) is 33.6. The number of esters is 1. The van der Waals surface area contributed by atoms with Gasteiger partial charge in [-0.25, -0.2) is 29.5 Å². The monoisotopic (exact) mass is 626 g/mol. The molecule has 0 saturated carbocycles. The highest BCUT2D eigenvalue weighted by molar-refractivity contribution is 5.92. The number of carbonyl (C=O) groups excluding carboxylic acids is 1. The summed E-state index contributed by atoms with van der Waals surface area (Å²) in [6.45, 7) is 9.89. The molecule has 4 aromatic rings. The van der Waals surface area contributed by atoms with E-state index in [1.54, 1.807) is 71.0 Å². The summed E-state index contributed by atoms with van der Waals surface area (Å²) in [6, 6.07) is 13.9. The molecular weight excluding hydrogens is 588 g/mol. The van der Waals surface area contributed by atoms with Gasteiger partial charge in [-0.1, -0.05) is 48.6 Å². The molecule has 0 saturated heterocycles.